The molecule has 1 atom stereocenters. The molecule has 8 nitrogen and oxygen atoms in total. The van der Waals surface area contributed by atoms with E-state index in [1.807, 2.05) is 13.0 Å². The van der Waals surface area contributed by atoms with Crippen molar-refractivity contribution in [2.45, 2.75) is 30.9 Å². The fraction of sp³-hybridized carbons (Fsp3) is 0.462. The average Bonchev–Trinajstić information content (AvgIpc) is 3.05. The van der Waals surface area contributed by atoms with E-state index in [4.69, 9.17) is 4.74 Å². The van der Waals surface area contributed by atoms with Gasteiger partial charge in [-0.05, 0) is 25.8 Å². The molecule has 0 aromatic carbocycles. The van der Waals surface area contributed by atoms with Gasteiger partial charge in [0.1, 0.15) is 6.10 Å². The van der Waals surface area contributed by atoms with Crippen molar-refractivity contribution in [1.29, 1.82) is 0 Å². The summed E-state index contributed by atoms with van der Waals surface area (Å²) in [5.74, 6) is 0.413. The Morgan fingerprint density at radius 3 is 2.91 bits per heavy atom. The minimum Gasteiger partial charge on any atom is -0.472 e. The van der Waals surface area contributed by atoms with Crippen LogP contribution in [0, 0.1) is 6.92 Å². The predicted molar refractivity (Wildman–Crippen MR) is 77.8 cm³/mol. The second kappa shape index (κ2) is 6.01. The summed E-state index contributed by atoms with van der Waals surface area (Å²) in [6, 6.07) is 3.55. The van der Waals surface area contributed by atoms with Crippen LogP contribution in [0.2, 0.25) is 0 Å². The Bertz CT molecular complexity index is 715. The van der Waals surface area contributed by atoms with Crippen LogP contribution >= 0.6 is 0 Å². The molecule has 1 fully saturated rings. The molecule has 9 heteroatoms. The number of nitrogens with one attached hydrogen (secondary N) is 1. The molecule has 2 aromatic heterocycles. The molecule has 0 radical (unpaired) electrons. The first-order chi connectivity index (χ1) is 10.6. The molecule has 0 spiro atoms. The van der Waals surface area contributed by atoms with Crippen molar-refractivity contribution in [3.05, 3.63) is 30.4 Å². The van der Waals surface area contributed by atoms with Crippen LogP contribution in [0.15, 0.2) is 29.7 Å². The SMILES string of the molecule is Cc1ccc(OC2CCCN(S(=O)(=O)c3cnc[nH]3)C2)nn1. The van der Waals surface area contributed by atoms with Gasteiger partial charge in [-0.25, -0.2) is 13.4 Å². The number of hydrogen-bond acceptors (Lipinski definition) is 6. The third kappa shape index (κ3) is 3.09. The number of nitrogens with zero attached hydrogens (tertiary/aromatic N) is 4. The Kier molecular flexibility index (Phi) is 4.08. The Labute approximate surface area is 128 Å². The number of ether oxygens (including phenoxy) is 1. The minimum atomic E-state index is -3.55. The Hall–Kier alpha value is -2.00. The fourth-order valence-electron chi connectivity index (χ4n) is 2.36. The van der Waals surface area contributed by atoms with E-state index in [1.165, 1.54) is 16.8 Å². The van der Waals surface area contributed by atoms with Gasteiger partial charge in [0.15, 0.2) is 5.03 Å². The molecule has 0 saturated carbocycles. The van der Waals surface area contributed by atoms with Crippen molar-refractivity contribution in [1.82, 2.24) is 24.5 Å². The van der Waals surface area contributed by atoms with Crippen LogP contribution in [0.25, 0.3) is 0 Å². The highest BCUT2D eigenvalue weighted by molar-refractivity contribution is 7.89. The first kappa shape index (κ1) is 14.9. The predicted octanol–water partition coefficient (Wildman–Crippen LogP) is 0.740. The second-order valence-corrected chi connectivity index (χ2v) is 7.08. The summed E-state index contributed by atoms with van der Waals surface area (Å²) in [6.45, 7) is 2.60. The van der Waals surface area contributed by atoms with Gasteiger partial charge in [0, 0.05) is 12.6 Å². The third-order valence-electron chi connectivity index (χ3n) is 3.49. The molecule has 1 N–H and O–H groups in total. The first-order valence-corrected chi connectivity index (χ1v) is 8.45. The monoisotopic (exact) mass is 323 g/mol. The lowest BCUT2D eigenvalue weighted by Gasteiger charge is -2.31. The van der Waals surface area contributed by atoms with Crippen molar-refractivity contribution >= 4 is 10.0 Å². The number of aromatic nitrogens is 4. The number of aryl methyl sites for hydroxylation is 1. The number of imidazole rings is 1. The Balaban J connectivity index is 1.70. The maximum Gasteiger partial charge on any atom is 0.260 e. The summed E-state index contributed by atoms with van der Waals surface area (Å²) in [5, 5.41) is 7.99. The van der Waals surface area contributed by atoms with Gasteiger partial charge in [-0.1, -0.05) is 0 Å². The zero-order valence-electron chi connectivity index (χ0n) is 12.1. The van der Waals surface area contributed by atoms with E-state index < -0.39 is 10.0 Å². The van der Waals surface area contributed by atoms with E-state index in [1.54, 1.807) is 6.07 Å². The Morgan fingerprint density at radius 2 is 2.23 bits per heavy atom. The molecule has 1 aliphatic rings. The standard InChI is InChI=1S/C13H17N5O3S/c1-10-4-5-12(17-16-10)21-11-3-2-6-18(8-11)22(19,20)13-7-14-9-15-13/h4-5,7,9,11H,2-3,6,8H2,1H3,(H,14,15). The van der Waals surface area contributed by atoms with Crippen LogP contribution < -0.4 is 4.74 Å². The van der Waals surface area contributed by atoms with Crippen LogP contribution in [0.4, 0.5) is 0 Å². The van der Waals surface area contributed by atoms with Gasteiger partial charge in [-0.3, -0.25) is 0 Å². The summed E-state index contributed by atoms with van der Waals surface area (Å²) < 4.78 is 32.1. The lowest BCUT2D eigenvalue weighted by molar-refractivity contribution is 0.123. The van der Waals surface area contributed by atoms with Crippen molar-refractivity contribution in [2.75, 3.05) is 13.1 Å². The molecule has 1 aliphatic heterocycles. The fourth-order valence-corrected chi connectivity index (χ4v) is 3.77. The zero-order valence-corrected chi connectivity index (χ0v) is 13.0. The highest BCUT2D eigenvalue weighted by Crippen LogP contribution is 2.21. The normalized spacial score (nSPS) is 20.0. The van der Waals surface area contributed by atoms with Crippen molar-refractivity contribution in [2.24, 2.45) is 0 Å². The molecular formula is C13H17N5O3S. The topological polar surface area (TPSA) is 101 Å². The van der Waals surface area contributed by atoms with E-state index in [2.05, 4.69) is 20.2 Å². The molecule has 1 unspecified atom stereocenters. The van der Waals surface area contributed by atoms with E-state index in [-0.39, 0.29) is 17.7 Å². The second-order valence-electron chi connectivity index (χ2n) is 5.17. The molecule has 1 saturated heterocycles. The molecule has 3 rings (SSSR count). The maximum absolute atomic E-state index is 12.5. The molecule has 2 aromatic rings. The van der Waals surface area contributed by atoms with Gasteiger partial charge in [-0.15, -0.1) is 5.10 Å². The van der Waals surface area contributed by atoms with E-state index in [0.29, 0.717) is 12.4 Å². The van der Waals surface area contributed by atoms with Gasteiger partial charge in [0.25, 0.3) is 10.0 Å². The minimum absolute atomic E-state index is 0.100. The van der Waals surface area contributed by atoms with Crippen molar-refractivity contribution in [3.8, 4) is 5.88 Å². The van der Waals surface area contributed by atoms with Crippen LogP contribution in [0.1, 0.15) is 18.5 Å². The Morgan fingerprint density at radius 1 is 1.36 bits per heavy atom. The number of piperidine rings is 1. The van der Waals surface area contributed by atoms with Gasteiger partial charge in [-0.2, -0.15) is 9.40 Å². The van der Waals surface area contributed by atoms with E-state index in [0.717, 1.165) is 18.5 Å². The first-order valence-electron chi connectivity index (χ1n) is 7.01. The zero-order chi connectivity index (χ0) is 15.6. The maximum atomic E-state index is 12.5. The lowest BCUT2D eigenvalue weighted by Crippen LogP contribution is -2.44. The van der Waals surface area contributed by atoms with Crippen LogP contribution in [-0.4, -0.2) is 52.1 Å². The molecule has 22 heavy (non-hydrogen) atoms. The average molecular weight is 323 g/mol. The molecular weight excluding hydrogens is 306 g/mol. The quantitative estimate of drug-likeness (QED) is 0.890. The number of rotatable bonds is 4. The summed E-state index contributed by atoms with van der Waals surface area (Å²) in [4.78, 5) is 6.41. The van der Waals surface area contributed by atoms with Gasteiger partial charge >= 0.3 is 0 Å². The molecule has 0 aliphatic carbocycles. The van der Waals surface area contributed by atoms with Gasteiger partial charge in [0.2, 0.25) is 5.88 Å². The smallest absolute Gasteiger partial charge is 0.260 e. The number of hydrogen-bond donors (Lipinski definition) is 1. The molecule has 3 heterocycles. The lowest BCUT2D eigenvalue weighted by atomic mass is 10.1. The van der Waals surface area contributed by atoms with Crippen molar-refractivity contribution < 1.29 is 13.2 Å². The van der Waals surface area contributed by atoms with E-state index >= 15 is 0 Å². The van der Waals surface area contributed by atoms with Crippen LogP contribution in [-0.2, 0) is 10.0 Å². The summed E-state index contributed by atoms with van der Waals surface area (Å²) in [6.07, 6.45) is 3.95. The van der Waals surface area contributed by atoms with E-state index in [9.17, 15) is 8.42 Å². The van der Waals surface area contributed by atoms with Gasteiger partial charge < -0.3 is 9.72 Å². The largest absolute Gasteiger partial charge is 0.472 e. The molecule has 0 amide bonds. The van der Waals surface area contributed by atoms with Gasteiger partial charge in [0.05, 0.1) is 24.8 Å². The van der Waals surface area contributed by atoms with Crippen molar-refractivity contribution in [3.63, 3.8) is 0 Å². The number of sulfonamides is 1. The summed E-state index contributed by atoms with van der Waals surface area (Å²) in [5.41, 5.74) is 0.805. The number of H-pyrrole nitrogens is 1. The van der Waals surface area contributed by atoms with Crippen LogP contribution in [0.3, 0.4) is 0 Å². The summed E-state index contributed by atoms with van der Waals surface area (Å²) >= 11 is 0. The third-order valence-corrected chi connectivity index (χ3v) is 5.28. The van der Waals surface area contributed by atoms with Crippen LogP contribution in [0.5, 0.6) is 5.88 Å². The summed E-state index contributed by atoms with van der Waals surface area (Å²) in [7, 11) is -3.55. The highest BCUT2D eigenvalue weighted by Gasteiger charge is 2.32. The molecule has 0 bridgehead atoms. The molecule has 118 valence electrons. The highest BCUT2D eigenvalue weighted by atomic mass is 32.2. The number of aromatic amines is 1.